The molecule has 0 aliphatic carbocycles. The quantitative estimate of drug-likeness (QED) is 0.802. The molecule has 3 saturated heterocycles. The van der Waals surface area contributed by atoms with E-state index in [0.29, 0.717) is 57.3 Å². The van der Waals surface area contributed by atoms with Gasteiger partial charge in [-0.15, -0.1) is 0 Å². The van der Waals surface area contributed by atoms with Crippen LogP contribution in [0, 0.1) is 12.7 Å². The highest BCUT2D eigenvalue weighted by Gasteiger charge is 2.58. The van der Waals surface area contributed by atoms with Gasteiger partial charge in [-0.3, -0.25) is 9.69 Å². The number of methoxy groups -OCH3 is 1. The topological polar surface area (TPSA) is 74.4 Å². The first-order valence-corrected chi connectivity index (χ1v) is 10.4. The van der Waals surface area contributed by atoms with Gasteiger partial charge in [0.15, 0.2) is 0 Å². The van der Waals surface area contributed by atoms with E-state index in [1.807, 2.05) is 4.90 Å². The van der Waals surface area contributed by atoms with Crippen molar-refractivity contribution in [3.63, 3.8) is 0 Å². The number of anilines is 1. The Balaban J connectivity index is 1.49. The number of halogens is 1. The molecule has 1 spiro atoms. The summed E-state index contributed by atoms with van der Waals surface area (Å²) in [6, 6.07) is 3.92. The molecular formula is C21H29FN4O4. The van der Waals surface area contributed by atoms with E-state index >= 15 is 0 Å². The van der Waals surface area contributed by atoms with Crippen LogP contribution in [-0.4, -0.2) is 91.5 Å². The molecule has 30 heavy (non-hydrogen) atoms. The molecule has 1 atom stereocenters. The van der Waals surface area contributed by atoms with E-state index in [4.69, 9.17) is 9.47 Å². The van der Waals surface area contributed by atoms with Gasteiger partial charge in [-0.05, 0) is 24.6 Å². The maximum Gasteiger partial charge on any atom is 0.321 e. The zero-order valence-electron chi connectivity index (χ0n) is 17.5. The molecule has 8 nitrogen and oxygen atoms in total. The Morgan fingerprint density at radius 2 is 2.10 bits per heavy atom. The van der Waals surface area contributed by atoms with Gasteiger partial charge in [-0.25, -0.2) is 9.18 Å². The average Bonchev–Trinajstić information content (AvgIpc) is 2.97. The van der Waals surface area contributed by atoms with Crippen LogP contribution in [0.4, 0.5) is 14.9 Å². The van der Waals surface area contributed by atoms with E-state index in [9.17, 15) is 14.0 Å². The molecule has 3 aliphatic heterocycles. The first kappa shape index (κ1) is 21.0. The normalized spacial score (nSPS) is 23.7. The fraction of sp³-hybridized carbons (Fsp3) is 0.619. The number of amides is 3. The summed E-state index contributed by atoms with van der Waals surface area (Å²) in [6.07, 6.45) is 1.52. The summed E-state index contributed by atoms with van der Waals surface area (Å²) < 4.78 is 24.6. The number of ether oxygens (including phenoxy) is 2. The minimum Gasteiger partial charge on any atom is -0.383 e. The van der Waals surface area contributed by atoms with Crippen LogP contribution in [0.3, 0.4) is 0 Å². The van der Waals surface area contributed by atoms with Crippen molar-refractivity contribution in [3.05, 3.63) is 29.6 Å². The van der Waals surface area contributed by atoms with Gasteiger partial charge < -0.3 is 24.6 Å². The zero-order valence-corrected chi connectivity index (χ0v) is 17.5. The summed E-state index contributed by atoms with van der Waals surface area (Å²) in [5, 5.41) is 2.75. The number of benzene rings is 1. The first-order chi connectivity index (χ1) is 14.5. The molecule has 3 heterocycles. The van der Waals surface area contributed by atoms with Crippen LogP contribution in [-0.2, 0) is 14.3 Å². The Kier molecular flexibility index (Phi) is 5.95. The van der Waals surface area contributed by atoms with E-state index in [2.05, 4.69) is 10.2 Å². The van der Waals surface area contributed by atoms with E-state index < -0.39 is 0 Å². The number of hydrogen-bond acceptors (Lipinski definition) is 5. The highest BCUT2D eigenvalue weighted by atomic mass is 19.1. The minimum absolute atomic E-state index is 0.0350. The lowest BCUT2D eigenvalue weighted by atomic mass is 9.96. The van der Waals surface area contributed by atoms with E-state index in [-0.39, 0.29) is 29.5 Å². The van der Waals surface area contributed by atoms with Gasteiger partial charge in [-0.1, -0.05) is 6.07 Å². The van der Waals surface area contributed by atoms with Crippen LogP contribution in [0.5, 0.6) is 0 Å². The van der Waals surface area contributed by atoms with Crippen molar-refractivity contribution in [2.75, 3.05) is 58.4 Å². The Labute approximate surface area is 175 Å². The van der Waals surface area contributed by atoms with E-state index in [1.165, 1.54) is 6.07 Å². The Hall–Kier alpha value is -2.23. The Bertz CT molecular complexity index is 814. The van der Waals surface area contributed by atoms with Crippen LogP contribution in [0.25, 0.3) is 0 Å². The number of hydrogen-bond donors (Lipinski definition) is 1. The van der Waals surface area contributed by atoms with Crippen LogP contribution in [0.1, 0.15) is 18.4 Å². The van der Waals surface area contributed by atoms with Gasteiger partial charge in [-0.2, -0.15) is 0 Å². The average molecular weight is 420 g/mol. The van der Waals surface area contributed by atoms with Gasteiger partial charge in [0.1, 0.15) is 17.5 Å². The number of nitrogens with zero attached hydrogens (tertiary/aromatic N) is 3. The largest absolute Gasteiger partial charge is 0.383 e. The molecule has 0 aromatic heterocycles. The third-order valence-electron chi connectivity index (χ3n) is 6.49. The molecule has 1 aromatic rings. The van der Waals surface area contributed by atoms with Crippen molar-refractivity contribution in [2.24, 2.45) is 0 Å². The van der Waals surface area contributed by atoms with Crippen LogP contribution in [0.2, 0.25) is 0 Å². The maximum atomic E-state index is 13.8. The standard InChI is InChI=1S/C21H29FN4O4/c1-15-3-4-16(13-17(15)22)23-20(28)24-7-8-25-18(14-24)19(27)26(9-12-29-2)21(25)5-10-30-11-6-21/h3-4,13,18H,5-12,14H2,1-2H3,(H,23,28)/t18-/m1/s1. The predicted molar refractivity (Wildman–Crippen MR) is 109 cm³/mol. The van der Waals surface area contributed by atoms with Crippen molar-refractivity contribution >= 4 is 17.6 Å². The van der Waals surface area contributed by atoms with E-state index in [1.54, 1.807) is 31.1 Å². The lowest BCUT2D eigenvalue weighted by Crippen LogP contribution is -2.63. The predicted octanol–water partition coefficient (Wildman–Crippen LogP) is 1.65. The van der Waals surface area contributed by atoms with E-state index in [0.717, 1.165) is 12.8 Å². The molecule has 3 fully saturated rings. The SMILES string of the molecule is COCCN1C(=O)[C@H]2CN(C(=O)Nc3ccc(C)c(F)c3)CCN2C12CCOCC2. The van der Waals surface area contributed by atoms with Crippen LogP contribution >= 0.6 is 0 Å². The van der Waals surface area contributed by atoms with Crippen molar-refractivity contribution in [1.29, 1.82) is 0 Å². The lowest BCUT2D eigenvalue weighted by Gasteiger charge is -2.48. The van der Waals surface area contributed by atoms with Gasteiger partial charge in [0.25, 0.3) is 0 Å². The third-order valence-corrected chi connectivity index (χ3v) is 6.49. The second kappa shape index (κ2) is 8.49. The monoisotopic (exact) mass is 420 g/mol. The number of piperazine rings is 1. The van der Waals surface area contributed by atoms with Gasteiger partial charge in [0.05, 0.1) is 19.8 Å². The van der Waals surface area contributed by atoms with Crippen molar-refractivity contribution in [1.82, 2.24) is 14.7 Å². The van der Waals surface area contributed by atoms with Crippen LogP contribution < -0.4 is 5.32 Å². The fourth-order valence-corrected chi connectivity index (χ4v) is 4.85. The molecule has 1 aromatic carbocycles. The lowest BCUT2D eigenvalue weighted by molar-refractivity contribution is -0.137. The summed E-state index contributed by atoms with van der Waals surface area (Å²) in [5.41, 5.74) is 0.572. The maximum absolute atomic E-state index is 13.8. The highest BCUT2D eigenvalue weighted by Crippen LogP contribution is 2.41. The molecule has 9 heteroatoms. The molecule has 0 bridgehead atoms. The summed E-state index contributed by atoms with van der Waals surface area (Å²) >= 11 is 0. The Morgan fingerprint density at radius 1 is 1.33 bits per heavy atom. The van der Waals surface area contributed by atoms with Crippen molar-refractivity contribution in [2.45, 2.75) is 31.5 Å². The van der Waals surface area contributed by atoms with Crippen LogP contribution in [0.15, 0.2) is 18.2 Å². The van der Waals surface area contributed by atoms with Gasteiger partial charge in [0, 0.05) is 51.8 Å². The summed E-state index contributed by atoms with van der Waals surface area (Å²) in [6.45, 7) is 5.32. The number of rotatable bonds is 4. The zero-order chi connectivity index (χ0) is 21.3. The third kappa shape index (κ3) is 3.66. The molecule has 164 valence electrons. The van der Waals surface area contributed by atoms with Gasteiger partial charge >= 0.3 is 6.03 Å². The fourth-order valence-electron chi connectivity index (χ4n) is 4.85. The molecule has 3 amide bonds. The summed E-state index contributed by atoms with van der Waals surface area (Å²) in [7, 11) is 1.63. The molecule has 0 radical (unpaired) electrons. The number of carbonyl (C=O) groups excluding carboxylic acids is 2. The van der Waals surface area contributed by atoms with Crippen molar-refractivity contribution < 1.29 is 23.5 Å². The number of nitrogens with one attached hydrogen (secondary N) is 1. The first-order valence-electron chi connectivity index (χ1n) is 10.4. The molecular weight excluding hydrogens is 391 g/mol. The van der Waals surface area contributed by atoms with Crippen molar-refractivity contribution in [3.8, 4) is 0 Å². The summed E-state index contributed by atoms with van der Waals surface area (Å²) in [4.78, 5) is 31.9. The number of aryl methyl sites for hydroxylation is 1. The number of carbonyl (C=O) groups is 2. The molecule has 0 saturated carbocycles. The number of urea groups is 1. The smallest absolute Gasteiger partial charge is 0.321 e. The summed E-state index contributed by atoms with van der Waals surface area (Å²) in [5.74, 6) is -0.327. The molecule has 0 unspecified atom stereocenters. The number of fused-ring (bicyclic) bond motifs is 2. The minimum atomic E-state index is -0.380. The highest BCUT2D eigenvalue weighted by molar-refractivity contribution is 5.91. The second-order valence-electron chi connectivity index (χ2n) is 8.13. The molecule has 3 aliphatic rings. The molecule has 1 N–H and O–H groups in total. The molecule has 4 rings (SSSR count). The Morgan fingerprint density at radius 3 is 2.80 bits per heavy atom. The second-order valence-corrected chi connectivity index (χ2v) is 8.13. The van der Waals surface area contributed by atoms with Gasteiger partial charge in [0.2, 0.25) is 5.91 Å².